The predicted molar refractivity (Wildman–Crippen MR) is 33.4 cm³/mol. The molecule has 48 valence electrons. The Labute approximate surface area is 54.0 Å². The molecule has 1 aliphatic rings. The average Bonchev–Trinajstić information content (AvgIpc) is 2.12. The molecule has 0 fully saturated rings. The minimum Gasteiger partial charge on any atom is -0.331 e. The summed E-state index contributed by atoms with van der Waals surface area (Å²) in [6, 6.07) is 2.09. The Morgan fingerprint density at radius 1 is 1.67 bits per heavy atom. The van der Waals surface area contributed by atoms with Crippen LogP contribution in [0.2, 0.25) is 0 Å². The van der Waals surface area contributed by atoms with Crippen LogP contribution in [0.25, 0.3) is 0 Å². The quantitative estimate of drug-likeness (QED) is 0.443. The smallest absolute Gasteiger partial charge is 0.207 e. The Kier molecular flexibility index (Phi) is 1.27. The van der Waals surface area contributed by atoms with Gasteiger partial charge in [0.15, 0.2) is 0 Å². The summed E-state index contributed by atoms with van der Waals surface area (Å²) in [4.78, 5) is 1.75. The first-order chi connectivity index (χ1) is 4.25. The third kappa shape index (κ3) is 0.809. The normalized spacial score (nSPS) is 24.8. The summed E-state index contributed by atoms with van der Waals surface area (Å²) in [5, 5.41) is 14.0. The van der Waals surface area contributed by atoms with Gasteiger partial charge in [0.25, 0.3) is 0 Å². The summed E-state index contributed by atoms with van der Waals surface area (Å²) in [5.74, 6) is 0. The zero-order valence-electron chi connectivity index (χ0n) is 5.44. The molecule has 0 spiro atoms. The van der Waals surface area contributed by atoms with E-state index in [0.29, 0.717) is 0 Å². The number of hydrazone groups is 1. The van der Waals surface area contributed by atoms with E-state index in [1.807, 2.05) is 7.05 Å². The van der Waals surface area contributed by atoms with Crippen LogP contribution >= 0.6 is 0 Å². The summed E-state index contributed by atoms with van der Waals surface area (Å²) in [7, 11) is 3.59. The molecule has 0 radical (unpaired) electrons. The van der Waals surface area contributed by atoms with E-state index in [1.165, 1.54) is 0 Å². The van der Waals surface area contributed by atoms with Crippen molar-refractivity contribution >= 4 is 6.34 Å². The van der Waals surface area contributed by atoms with E-state index in [1.54, 1.807) is 23.3 Å². The van der Waals surface area contributed by atoms with Crippen LogP contribution in [0.4, 0.5) is 0 Å². The van der Waals surface area contributed by atoms with Crippen LogP contribution in [0.15, 0.2) is 5.10 Å². The van der Waals surface area contributed by atoms with Crippen molar-refractivity contribution in [2.24, 2.45) is 5.10 Å². The van der Waals surface area contributed by atoms with Crippen molar-refractivity contribution in [2.45, 2.75) is 6.17 Å². The molecule has 9 heavy (non-hydrogen) atoms. The number of nitrogens with zero attached hydrogens (tertiary/aromatic N) is 4. The van der Waals surface area contributed by atoms with Crippen LogP contribution in [0.1, 0.15) is 0 Å². The Bertz CT molecular complexity index is 156. The maximum atomic E-state index is 8.49. The maximum Gasteiger partial charge on any atom is 0.207 e. The van der Waals surface area contributed by atoms with Crippen molar-refractivity contribution in [1.29, 1.82) is 5.26 Å². The van der Waals surface area contributed by atoms with Gasteiger partial charge < -0.3 is 4.90 Å². The van der Waals surface area contributed by atoms with Crippen molar-refractivity contribution in [3.05, 3.63) is 0 Å². The van der Waals surface area contributed by atoms with Gasteiger partial charge in [-0.25, -0.2) is 0 Å². The SMILES string of the molecule is CN1C=NN(C)C1C#N. The standard InChI is InChI=1S/C5H8N4/c1-8-4-7-9(2)5(8)3-6/h4-5H,1-2H3. The molecule has 1 unspecified atom stereocenters. The highest BCUT2D eigenvalue weighted by atomic mass is 15.6. The van der Waals surface area contributed by atoms with Crippen LogP contribution in [0.5, 0.6) is 0 Å². The highest BCUT2D eigenvalue weighted by Gasteiger charge is 2.20. The molecule has 4 heteroatoms. The van der Waals surface area contributed by atoms with Gasteiger partial charge in [-0.05, 0) is 0 Å². The summed E-state index contributed by atoms with van der Waals surface area (Å²) < 4.78 is 0. The zero-order chi connectivity index (χ0) is 6.85. The van der Waals surface area contributed by atoms with E-state index >= 15 is 0 Å². The fourth-order valence-electron chi connectivity index (χ4n) is 0.727. The molecule has 0 saturated carbocycles. The molecule has 0 saturated heterocycles. The predicted octanol–water partition coefficient (Wildman–Crippen LogP) is -0.343. The second kappa shape index (κ2) is 1.94. The Morgan fingerprint density at radius 3 is 2.56 bits per heavy atom. The average molecular weight is 124 g/mol. The van der Waals surface area contributed by atoms with Crippen molar-refractivity contribution < 1.29 is 0 Å². The van der Waals surface area contributed by atoms with Crippen LogP contribution in [0.3, 0.4) is 0 Å². The summed E-state index contributed by atoms with van der Waals surface area (Å²) in [6.07, 6.45) is 1.42. The van der Waals surface area contributed by atoms with E-state index in [0.717, 1.165) is 0 Å². The van der Waals surface area contributed by atoms with Gasteiger partial charge in [-0.1, -0.05) is 0 Å². The molecule has 0 N–H and O–H groups in total. The van der Waals surface area contributed by atoms with Gasteiger partial charge in [0, 0.05) is 14.1 Å². The number of rotatable bonds is 0. The van der Waals surface area contributed by atoms with Gasteiger partial charge in [0.2, 0.25) is 6.17 Å². The van der Waals surface area contributed by atoms with Gasteiger partial charge in [-0.3, -0.25) is 5.01 Å². The second-order valence-corrected chi connectivity index (χ2v) is 1.97. The molecule has 1 aliphatic heterocycles. The Morgan fingerprint density at radius 2 is 2.33 bits per heavy atom. The molecule has 1 atom stereocenters. The number of hydrogen-bond acceptors (Lipinski definition) is 4. The first kappa shape index (κ1) is 5.89. The van der Waals surface area contributed by atoms with Gasteiger partial charge in [-0.2, -0.15) is 10.4 Å². The summed E-state index contributed by atoms with van der Waals surface area (Å²) in [5.41, 5.74) is 0. The van der Waals surface area contributed by atoms with Gasteiger partial charge in [-0.15, -0.1) is 0 Å². The molecule has 0 aromatic heterocycles. The fourth-order valence-corrected chi connectivity index (χ4v) is 0.727. The van der Waals surface area contributed by atoms with Gasteiger partial charge in [0.1, 0.15) is 12.4 Å². The highest BCUT2D eigenvalue weighted by molar-refractivity contribution is 5.57. The van der Waals surface area contributed by atoms with E-state index < -0.39 is 0 Å². The lowest BCUT2D eigenvalue weighted by atomic mass is 10.5. The largest absolute Gasteiger partial charge is 0.331 e. The summed E-state index contributed by atoms with van der Waals surface area (Å²) >= 11 is 0. The number of nitriles is 1. The molecular weight excluding hydrogens is 116 g/mol. The first-order valence-electron chi connectivity index (χ1n) is 2.64. The van der Waals surface area contributed by atoms with Gasteiger partial charge in [0.05, 0.1) is 0 Å². The molecule has 0 aliphatic carbocycles. The molecular formula is C5H8N4. The third-order valence-electron chi connectivity index (χ3n) is 1.27. The van der Waals surface area contributed by atoms with Crippen molar-refractivity contribution in [2.75, 3.05) is 14.1 Å². The molecule has 0 amide bonds. The van der Waals surface area contributed by atoms with Crippen LogP contribution in [-0.4, -0.2) is 36.5 Å². The minimum absolute atomic E-state index is 0.218. The maximum absolute atomic E-state index is 8.49. The number of hydrogen-bond donors (Lipinski definition) is 0. The third-order valence-corrected chi connectivity index (χ3v) is 1.27. The molecule has 4 nitrogen and oxygen atoms in total. The highest BCUT2D eigenvalue weighted by Crippen LogP contribution is 2.04. The van der Waals surface area contributed by atoms with Crippen LogP contribution in [-0.2, 0) is 0 Å². The summed E-state index contributed by atoms with van der Waals surface area (Å²) in [6.45, 7) is 0. The van der Waals surface area contributed by atoms with Crippen molar-refractivity contribution in [3.63, 3.8) is 0 Å². The van der Waals surface area contributed by atoms with Crippen molar-refractivity contribution in [3.8, 4) is 6.07 Å². The molecule has 0 bridgehead atoms. The molecule has 0 aromatic rings. The zero-order valence-corrected chi connectivity index (χ0v) is 5.44. The lowest BCUT2D eigenvalue weighted by Crippen LogP contribution is -2.33. The molecule has 1 rings (SSSR count). The topological polar surface area (TPSA) is 42.6 Å². The monoisotopic (exact) mass is 124 g/mol. The minimum atomic E-state index is -0.218. The van der Waals surface area contributed by atoms with E-state index in [9.17, 15) is 0 Å². The van der Waals surface area contributed by atoms with Crippen LogP contribution in [0, 0.1) is 11.3 Å². The Hall–Kier alpha value is -1.24. The van der Waals surface area contributed by atoms with Crippen LogP contribution < -0.4 is 0 Å². The van der Waals surface area contributed by atoms with E-state index in [2.05, 4.69) is 11.2 Å². The first-order valence-corrected chi connectivity index (χ1v) is 2.64. The lowest BCUT2D eigenvalue weighted by Gasteiger charge is -2.16. The Balaban J connectivity index is 2.66. The van der Waals surface area contributed by atoms with Crippen molar-refractivity contribution in [1.82, 2.24) is 9.91 Å². The fraction of sp³-hybridized carbons (Fsp3) is 0.600. The second-order valence-electron chi connectivity index (χ2n) is 1.97. The van der Waals surface area contributed by atoms with E-state index in [4.69, 9.17) is 5.26 Å². The van der Waals surface area contributed by atoms with Gasteiger partial charge >= 0.3 is 0 Å². The molecule has 1 heterocycles. The lowest BCUT2D eigenvalue weighted by molar-refractivity contribution is 0.236. The van der Waals surface area contributed by atoms with E-state index in [-0.39, 0.29) is 6.17 Å². The molecule has 0 aromatic carbocycles.